The fourth-order valence-corrected chi connectivity index (χ4v) is 2.91. The van der Waals surface area contributed by atoms with Gasteiger partial charge in [-0.15, -0.1) is 0 Å². The Morgan fingerprint density at radius 3 is 2.95 bits per heavy atom. The molecule has 1 aromatic heterocycles. The minimum Gasteiger partial charge on any atom is -0.451 e. The van der Waals surface area contributed by atoms with Crippen LogP contribution in [0, 0.1) is 0 Å². The number of carbonyl (C=O) groups excluding carboxylic acids is 1. The predicted octanol–water partition coefficient (Wildman–Crippen LogP) is 4.04. The van der Waals surface area contributed by atoms with Crippen molar-refractivity contribution in [3.05, 3.63) is 59.9 Å². The zero-order chi connectivity index (χ0) is 15.1. The van der Waals surface area contributed by atoms with Crippen LogP contribution < -0.4 is 10.6 Å². The van der Waals surface area contributed by atoms with Crippen molar-refractivity contribution < 1.29 is 9.21 Å². The van der Waals surface area contributed by atoms with Crippen molar-refractivity contribution in [2.24, 2.45) is 0 Å². The van der Waals surface area contributed by atoms with Gasteiger partial charge in [-0.2, -0.15) is 0 Å². The maximum atomic E-state index is 12.3. The Kier molecular flexibility index (Phi) is 2.89. The first-order chi connectivity index (χ1) is 10.7. The maximum absolute atomic E-state index is 12.3. The molecule has 1 aliphatic rings. The number of amides is 1. The van der Waals surface area contributed by atoms with Gasteiger partial charge in [-0.05, 0) is 49.2 Å². The smallest absolute Gasteiger partial charge is 0.291 e. The van der Waals surface area contributed by atoms with Crippen LogP contribution in [-0.4, -0.2) is 11.9 Å². The Bertz CT molecular complexity index is 833. The first kappa shape index (κ1) is 13.0. The number of para-hydroxylation sites is 1. The fourth-order valence-electron chi connectivity index (χ4n) is 2.91. The minimum absolute atomic E-state index is 0.227. The van der Waals surface area contributed by atoms with Crippen LogP contribution in [0.15, 0.2) is 52.9 Å². The summed E-state index contributed by atoms with van der Waals surface area (Å²) in [5.41, 5.74) is 3.89. The molecule has 0 saturated heterocycles. The quantitative estimate of drug-likeness (QED) is 0.749. The van der Waals surface area contributed by atoms with E-state index >= 15 is 0 Å². The molecule has 0 radical (unpaired) electrons. The molecule has 1 aliphatic heterocycles. The van der Waals surface area contributed by atoms with Crippen molar-refractivity contribution in [2.75, 3.05) is 10.6 Å². The summed E-state index contributed by atoms with van der Waals surface area (Å²) in [5, 5.41) is 7.23. The van der Waals surface area contributed by atoms with Crippen molar-refractivity contribution >= 4 is 28.3 Å². The molecule has 2 heterocycles. The molecule has 2 aromatic carbocycles. The van der Waals surface area contributed by atoms with Crippen LogP contribution in [0.4, 0.5) is 11.4 Å². The highest BCUT2D eigenvalue weighted by Gasteiger charge is 2.18. The maximum Gasteiger partial charge on any atom is 0.291 e. The standard InChI is InChI=1S/C18H16N2O2/c1-11-8-13-9-14(6-7-15(13)19-11)20-18(21)17-10-12-4-2-3-5-16(12)22-17/h2-7,9-11,19H,8H2,1H3,(H,20,21). The van der Waals surface area contributed by atoms with Gasteiger partial charge in [0.25, 0.3) is 5.91 Å². The van der Waals surface area contributed by atoms with E-state index in [2.05, 4.69) is 17.6 Å². The molecule has 22 heavy (non-hydrogen) atoms. The number of anilines is 2. The Morgan fingerprint density at radius 2 is 2.09 bits per heavy atom. The van der Waals surface area contributed by atoms with E-state index < -0.39 is 0 Å². The van der Waals surface area contributed by atoms with Gasteiger partial charge in [0.1, 0.15) is 5.58 Å². The van der Waals surface area contributed by atoms with Gasteiger partial charge in [-0.1, -0.05) is 18.2 Å². The summed E-state index contributed by atoms with van der Waals surface area (Å²) in [6.45, 7) is 2.15. The van der Waals surface area contributed by atoms with E-state index in [0.717, 1.165) is 28.8 Å². The third-order valence-corrected chi connectivity index (χ3v) is 3.94. The summed E-state index contributed by atoms with van der Waals surface area (Å²) >= 11 is 0. The van der Waals surface area contributed by atoms with Crippen molar-refractivity contribution in [3.8, 4) is 0 Å². The number of fused-ring (bicyclic) bond motifs is 2. The summed E-state index contributed by atoms with van der Waals surface area (Å²) in [7, 11) is 0. The Hall–Kier alpha value is -2.75. The Balaban J connectivity index is 1.58. The van der Waals surface area contributed by atoms with E-state index in [1.165, 1.54) is 5.56 Å². The molecule has 0 aliphatic carbocycles. The molecular formula is C18H16N2O2. The average molecular weight is 292 g/mol. The Labute approximate surface area is 128 Å². The summed E-state index contributed by atoms with van der Waals surface area (Å²) < 4.78 is 5.59. The largest absolute Gasteiger partial charge is 0.451 e. The predicted molar refractivity (Wildman–Crippen MR) is 87.4 cm³/mol. The molecule has 0 fully saturated rings. The zero-order valence-electron chi connectivity index (χ0n) is 12.2. The average Bonchev–Trinajstić information content (AvgIpc) is 3.08. The lowest BCUT2D eigenvalue weighted by molar-refractivity contribution is 0.0998. The van der Waals surface area contributed by atoms with E-state index in [1.807, 2.05) is 42.5 Å². The molecule has 3 aromatic rings. The fraction of sp³-hybridized carbons (Fsp3) is 0.167. The van der Waals surface area contributed by atoms with Gasteiger partial charge in [0.05, 0.1) is 0 Å². The lowest BCUT2D eigenvalue weighted by Crippen LogP contribution is -2.10. The molecule has 2 N–H and O–H groups in total. The van der Waals surface area contributed by atoms with Crippen LogP contribution >= 0.6 is 0 Å². The minimum atomic E-state index is -0.227. The molecule has 4 rings (SSSR count). The molecular weight excluding hydrogens is 276 g/mol. The van der Waals surface area contributed by atoms with Crippen molar-refractivity contribution in [1.29, 1.82) is 0 Å². The van der Waals surface area contributed by atoms with Gasteiger partial charge in [-0.25, -0.2) is 0 Å². The number of rotatable bonds is 2. The second-order valence-electron chi connectivity index (χ2n) is 5.72. The highest BCUT2D eigenvalue weighted by Crippen LogP contribution is 2.28. The molecule has 110 valence electrons. The lowest BCUT2D eigenvalue weighted by Gasteiger charge is -2.06. The van der Waals surface area contributed by atoms with Crippen molar-refractivity contribution in [3.63, 3.8) is 0 Å². The second-order valence-corrected chi connectivity index (χ2v) is 5.72. The van der Waals surface area contributed by atoms with E-state index in [4.69, 9.17) is 4.42 Å². The second kappa shape index (κ2) is 4.91. The molecule has 4 heteroatoms. The van der Waals surface area contributed by atoms with E-state index in [9.17, 15) is 4.79 Å². The van der Waals surface area contributed by atoms with Crippen LogP contribution in [0.3, 0.4) is 0 Å². The van der Waals surface area contributed by atoms with Crippen LogP contribution in [-0.2, 0) is 6.42 Å². The van der Waals surface area contributed by atoms with Gasteiger partial charge in [0.15, 0.2) is 5.76 Å². The number of furan rings is 1. The zero-order valence-corrected chi connectivity index (χ0v) is 12.2. The van der Waals surface area contributed by atoms with Crippen molar-refractivity contribution in [2.45, 2.75) is 19.4 Å². The van der Waals surface area contributed by atoms with Gasteiger partial charge < -0.3 is 15.1 Å². The summed E-state index contributed by atoms with van der Waals surface area (Å²) in [4.78, 5) is 12.3. The van der Waals surface area contributed by atoms with Gasteiger partial charge in [0.2, 0.25) is 0 Å². The topological polar surface area (TPSA) is 54.3 Å². The van der Waals surface area contributed by atoms with Gasteiger partial charge >= 0.3 is 0 Å². The monoisotopic (exact) mass is 292 g/mol. The first-order valence-electron chi connectivity index (χ1n) is 7.38. The number of benzene rings is 2. The number of hydrogen-bond donors (Lipinski definition) is 2. The third-order valence-electron chi connectivity index (χ3n) is 3.94. The number of nitrogens with one attached hydrogen (secondary N) is 2. The SMILES string of the molecule is CC1Cc2cc(NC(=O)c3cc4ccccc4o3)ccc2N1. The highest BCUT2D eigenvalue weighted by molar-refractivity contribution is 6.04. The first-order valence-corrected chi connectivity index (χ1v) is 7.38. The van der Waals surface area contributed by atoms with Crippen LogP contribution in [0.2, 0.25) is 0 Å². The van der Waals surface area contributed by atoms with Gasteiger partial charge in [-0.3, -0.25) is 4.79 Å². The number of hydrogen-bond acceptors (Lipinski definition) is 3. The summed E-state index contributed by atoms with van der Waals surface area (Å²) in [6.07, 6.45) is 0.976. The number of carbonyl (C=O) groups is 1. The van der Waals surface area contributed by atoms with Crippen LogP contribution in [0.25, 0.3) is 11.0 Å². The molecule has 1 atom stereocenters. The van der Waals surface area contributed by atoms with Crippen LogP contribution in [0.1, 0.15) is 23.0 Å². The Morgan fingerprint density at radius 1 is 1.23 bits per heavy atom. The molecule has 0 bridgehead atoms. The summed E-state index contributed by atoms with van der Waals surface area (Å²) in [5.74, 6) is 0.100. The van der Waals surface area contributed by atoms with E-state index in [1.54, 1.807) is 6.07 Å². The van der Waals surface area contributed by atoms with E-state index in [-0.39, 0.29) is 5.91 Å². The lowest BCUT2D eigenvalue weighted by atomic mass is 10.1. The molecule has 0 spiro atoms. The van der Waals surface area contributed by atoms with E-state index in [0.29, 0.717) is 11.8 Å². The molecule has 4 nitrogen and oxygen atoms in total. The van der Waals surface area contributed by atoms with Crippen molar-refractivity contribution in [1.82, 2.24) is 0 Å². The molecule has 1 unspecified atom stereocenters. The molecule has 1 amide bonds. The normalized spacial score (nSPS) is 16.3. The molecule has 0 saturated carbocycles. The van der Waals surface area contributed by atoms with Gasteiger partial charge in [0, 0.05) is 22.8 Å². The van der Waals surface area contributed by atoms with Crippen LogP contribution in [0.5, 0.6) is 0 Å². The highest BCUT2D eigenvalue weighted by atomic mass is 16.3. The summed E-state index contributed by atoms with van der Waals surface area (Å²) in [6, 6.07) is 15.7. The third kappa shape index (κ3) is 2.22.